The zero-order chi connectivity index (χ0) is 13.9. The maximum Gasteiger partial charge on any atom is 0.168 e. The fraction of sp³-hybridized carbons (Fsp3) is 0.353. The highest BCUT2D eigenvalue weighted by Gasteiger charge is 2.27. The van der Waals surface area contributed by atoms with Crippen molar-refractivity contribution in [1.82, 2.24) is 0 Å². The Morgan fingerprint density at radius 3 is 2.80 bits per heavy atom. The van der Waals surface area contributed by atoms with Crippen molar-refractivity contribution < 1.29 is 4.57 Å². The third kappa shape index (κ3) is 2.62. The molecule has 2 aromatic rings. The zero-order valence-corrected chi connectivity index (χ0v) is 12.0. The van der Waals surface area contributed by atoms with E-state index in [0.717, 1.165) is 18.8 Å². The van der Waals surface area contributed by atoms with Crippen molar-refractivity contribution in [3.05, 3.63) is 54.4 Å². The SMILES string of the molecule is Cc1cc(N2CCCC2C[n+]2ccccc2)ccc1N. The molecule has 2 heterocycles. The molecule has 2 N–H and O–H groups in total. The van der Waals surface area contributed by atoms with Crippen LogP contribution in [0, 0.1) is 6.92 Å². The van der Waals surface area contributed by atoms with Gasteiger partial charge in [0.2, 0.25) is 0 Å². The van der Waals surface area contributed by atoms with E-state index < -0.39 is 0 Å². The molecule has 1 aliphatic heterocycles. The Labute approximate surface area is 120 Å². The van der Waals surface area contributed by atoms with E-state index in [1.54, 1.807) is 0 Å². The van der Waals surface area contributed by atoms with Crippen LogP contribution in [-0.2, 0) is 6.54 Å². The third-order valence-electron chi connectivity index (χ3n) is 4.16. The summed E-state index contributed by atoms with van der Waals surface area (Å²) in [6, 6.07) is 13.2. The lowest BCUT2D eigenvalue weighted by Gasteiger charge is -2.25. The van der Waals surface area contributed by atoms with Crippen LogP contribution in [0.1, 0.15) is 18.4 Å². The standard InChI is InChI=1S/C17H22N3/c1-14-12-15(7-8-17(14)18)20-11-5-6-16(20)13-19-9-3-2-4-10-19/h2-4,7-10,12,16H,5-6,11,13,18H2,1H3/q+1. The van der Waals surface area contributed by atoms with Gasteiger partial charge in [0.1, 0.15) is 0 Å². The molecule has 1 fully saturated rings. The first-order chi connectivity index (χ1) is 9.74. The second kappa shape index (κ2) is 5.53. The summed E-state index contributed by atoms with van der Waals surface area (Å²) >= 11 is 0. The average Bonchev–Trinajstić information content (AvgIpc) is 2.91. The van der Waals surface area contributed by atoms with Crippen LogP contribution in [0.4, 0.5) is 11.4 Å². The van der Waals surface area contributed by atoms with E-state index >= 15 is 0 Å². The largest absolute Gasteiger partial charge is 0.399 e. The van der Waals surface area contributed by atoms with Crippen molar-refractivity contribution in [3.8, 4) is 0 Å². The summed E-state index contributed by atoms with van der Waals surface area (Å²) in [4.78, 5) is 2.52. The van der Waals surface area contributed by atoms with Crippen LogP contribution in [0.15, 0.2) is 48.8 Å². The Morgan fingerprint density at radius 1 is 1.25 bits per heavy atom. The number of aryl methyl sites for hydroxylation is 1. The number of rotatable bonds is 3. The van der Waals surface area contributed by atoms with Crippen LogP contribution >= 0.6 is 0 Å². The van der Waals surface area contributed by atoms with Crippen molar-refractivity contribution in [1.29, 1.82) is 0 Å². The normalized spacial score (nSPS) is 18.4. The molecule has 0 spiro atoms. The Morgan fingerprint density at radius 2 is 2.05 bits per heavy atom. The highest BCUT2D eigenvalue weighted by Crippen LogP contribution is 2.28. The molecule has 1 unspecified atom stereocenters. The summed E-state index contributed by atoms with van der Waals surface area (Å²) in [6.07, 6.45) is 6.81. The minimum atomic E-state index is 0.574. The van der Waals surface area contributed by atoms with Gasteiger partial charge in [-0.2, -0.15) is 0 Å². The Hall–Kier alpha value is -2.03. The third-order valence-corrected chi connectivity index (χ3v) is 4.16. The Bertz CT molecular complexity index is 580. The molecule has 20 heavy (non-hydrogen) atoms. The van der Waals surface area contributed by atoms with Crippen molar-refractivity contribution in [2.45, 2.75) is 32.4 Å². The van der Waals surface area contributed by atoms with E-state index in [-0.39, 0.29) is 0 Å². The molecular formula is C17H22N3+. The molecule has 3 rings (SSSR count). The molecule has 1 atom stereocenters. The fourth-order valence-corrected chi connectivity index (χ4v) is 3.00. The van der Waals surface area contributed by atoms with Crippen LogP contribution < -0.4 is 15.2 Å². The number of nitrogens with two attached hydrogens (primary N) is 1. The van der Waals surface area contributed by atoms with E-state index in [1.165, 1.54) is 24.1 Å². The summed E-state index contributed by atoms with van der Waals surface area (Å²) in [7, 11) is 0. The molecule has 1 aliphatic rings. The van der Waals surface area contributed by atoms with Gasteiger partial charge in [-0.15, -0.1) is 0 Å². The van der Waals surface area contributed by atoms with E-state index in [9.17, 15) is 0 Å². The molecule has 0 saturated carbocycles. The van der Waals surface area contributed by atoms with Crippen molar-refractivity contribution in [3.63, 3.8) is 0 Å². The van der Waals surface area contributed by atoms with Gasteiger partial charge in [-0.25, -0.2) is 4.57 Å². The fourth-order valence-electron chi connectivity index (χ4n) is 3.00. The minimum absolute atomic E-state index is 0.574. The number of pyridine rings is 1. The van der Waals surface area contributed by atoms with Crippen molar-refractivity contribution in [2.75, 3.05) is 17.2 Å². The molecule has 1 aromatic heterocycles. The molecule has 1 saturated heterocycles. The number of anilines is 2. The van der Waals surface area contributed by atoms with Crippen molar-refractivity contribution in [2.24, 2.45) is 0 Å². The lowest BCUT2D eigenvalue weighted by atomic mass is 10.1. The van der Waals surface area contributed by atoms with Gasteiger partial charge in [0, 0.05) is 30.1 Å². The van der Waals surface area contributed by atoms with Crippen LogP contribution in [0.3, 0.4) is 0 Å². The number of hydrogen-bond acceptors (Lipinski definition) is 2. The molecule has 0 amide bonds. The number of benzene rings is 1. The second-order valence-corrected chi connectivity index (χ2v) is 5.60. The van der Waals surface area contributed by atoms with Crippen LogP contribution in [0.25, 0.3) is 0 Å². The van der Waals surface area contributed by atoms with Gasteiger partial charge in [0.15, 0.2) is 18.9 Å². The average molecular weight is 268 g/mol. The minimum Gasteiger partial charge on any atom is -0.399 e. The molecule has 3 heteroatoms. The van der Waals surface area contributed by atoms with Gasteiger partial charge in [-0.05, 0) is 43.5 Å². The predicted octanol–water partition coefficient (Wildman–Crippen LogP) is 2.53. The highest BCUT2D eigenvalue weighted by atomic mass is 15.2. The monoisotopic (exact) mass is 268 g/mol. The molecule has 0 radical (unpaired) electrons. The topological polar surface area (TPSA) is 33.1 Å². The smallest absolute Gasteiger partial charge is 0.168 e. The lowest BCUT2D eigenvalue weighted by Crippen LogP contribution is -2.44. The molecular weight excluding hydrogens is 246 g/mol. The predicted molar refractivity (Wildman–Crippen MR) is 82.6 cm³/mol. The summed E-state index contributed by atoms with van der Waals surface area (Å²) in [5, 5.41) is 0. The first-order valence-corrected chi connectivity index (χ1v) is 7.31. The van der Waals surface area contributed by atoms with E-state index in [1.807, 2.05) is 6.07 Å². The molecule has 0 aliphatic carbocycles. The van der Waals surface area contributed by atoms with Gasteiger partial charge in [0.25, 0.3) is 0 Å². The number of nitrogen functional groups attached to an aromatic ring is 1. The van der Waals surface area contributed by atoms with Gasteiger partial charge < -0.3 is 10.6 Å². The second-order valence-electron chi connectivity index (χ2n) is 5.60. The molecule has 0 bridgehead atoms. The van der Waals surface area contributed by atoms with Crippen molar-refractivity contribution >= 4 is 11.4 Å². The summed E-state index contributed by atoms with van der Waals surface area (Å²) in [5.41, 5.74) is 9.27. The quantitative estimate of drug-likeness (QED) is 0.685. The summed E-state index contributed by atoms with van der Waals surface area (Å²) in [6.45, 7) is 4.27. The van der Waals surface area contributed by atoms with E-state index in [4.69, 9.17) is 5.73 Å². The highest BCUT2D eigenvalue weighted by molar-refractivity contribution is 5.58. The van der Waals surface area contributed by atoms with E-state index in [0.29, 0.717) is 6.04 Å². The van der Waals surface area contributed by atoms with E-state index in [2.05, 4.69) is 59.1 Å². The van der Waals surface area contributed by atoms with Gasteiger partial charge in [-0.3, -0.25) is 0 Å². The number of hydrogen-bond donors (Lipinski definition) is 1. The van der Waals surface area contributed by atoms with Gasteiger partial charge in [-0.1, -0.05) is 6.07 Å². The summed E-state index contributed by atoms with van der Waals surface area (Å²) < 4.78 is 2.27. The lowest BCUT2D eigenvalue weighted by molar-refractivity contribution is -0.698. The van der Waals surface area contributed by atoms with Crippen LogP contribution in [0.5, 0.6) is 0 Å². The Balaban J connectivity index is 1.80. The number of aromatic nitrogens is 1. The maximum atomic E-state index is 5.92. The molecule has 1 aromatic carbocycles. The van der Waals surface area contributed by atoms with Gasteiger partial charge in [0.05, 0.1) is 6.04 Å². The van der Waals surface area contributed by atoms with Crippen LogP contribution in [-0.4, -0.2) is 12.6 Å². The molecule has 3 nitrogen and oxygen atoms in total. The first kappa shape index (κ1) is 13.0. The summed E-state index contributed by atoms with van der Waals surface area (Å²) in [5.74, 6) is 0. The van der Waals surface area contributed by atoms with Gasteiger partial charge >= 0.3 is 0 Å². The maximum absolute atomic E-state index is 5.92. The molecule has 104 valence electrons. The van der Waals surface area contributed by atoms with Crippen LogP contribution in [0.2, 0.25) is 0 Å². The first-order valence-electron chi connectivity index (χ1n) is 7.31. The number of nitrogens with zero attached hydrogens (tertiary/aromatic N) is 2. The zero-order valence-electron chi connectivity index (χ0n) is 12.0. The Kier molecular flexibility index (Phi) is 3.59.